The van der Waals surface area contributed by atoms with Crippen molar-refractivity contribution in [2.24, 2.45) is 0 Å². The third-order valence-electron chi connectivity index (χ3n) is 2.88. The minimum atomic E-state index is -0.444. The molecule has 2 rings (SSSR count). The SMILES string of the molecule is Cc1[nH]ncc1CCCNc1ncc(Br)cc1[N+](=O)[O-]. The van der Waals surface area contributed by atoms with Crippen LogP contribution in [0.25, 0.3) is 0 Å². The van der Waals surface area contributed by atoms with Gasteiger partial charge in [0.15, 0.2) is 0 Å². The van der Waals surface area contributed by atoms with Crippen molar-refractivity contribution in [3.63, 3.8) is 0 Å². The highest BCUT2D eigenvalue weighted by Gasteiger charge is 2.15. The van der Waals surface area contributed by atoms with Gasteiger partial charge in [0.05, 0.1) is 11.1 Å². The van der Waals surface area contributed by atoms with E-state index in [4.69, 9.17) is 0 Å². The maximum absolute atomic E-state index is 10.9. The summed E-state index contributed by atoms with van der Waals surface area (Å²) in [5.74, 6) is 0.294. The Bertz CT molecular complexity index is 614. The molecule has 0 radical (unpaired) electrons. The minimum Gasteiger partial charge on any atom is -0.364 e. The number of H-pyrrole nitrogens is 1. The molecule has 0 saturated carbocycles. The molecule has 0 amide bonds. The average molecular weight is 340 g/mol. The Kier molecular flexibility index (Phi) is 4.67. The third kappa shape index (κ3) is 3.53. The third-order valence-corrected chi connectivity index (χ3v) is 3.31. The number of halogens is 1. The normalized spacial score (nSPS) is 10.5. The molecule has 106 valence electrons. The quantitative estimate of drug-likeness (QED) is 0.479. The predicted octanol–water partition coefficient (Wildman–Crippen LogP) is 2.83. The van der Waals surface area contributed by atoms with E-state index in [0.717, 1.165) is 24.1 Å². The Morgan fingerprint density at radius 3 is 2.95 bits per heavy atom. The molecule has 8 heteroatoms. The lowest BCUT2D eigenvalue weighted by atomic mass is 10.1. The number of aromatic amines is 1. The van der Waals surface area contributed by atoms with E-state index in [1.54, 1.807) is 6.20 Å². The summed E-state index contributed by atoms with van der Waals surface area (Å²) in [5.41, 5.74) is 2.18. The smallest absolute Gasteiger partial charge is 0.312 e. The molecular formula is C12H14BrN5O2. The van der Waals surface area contributed by atoms with Gasteiger partial charge in [0.25, 0.3) is 0 Å². The lowest BCUT2D eigenvalue weighted by Gasteiger charge is -2.06. The van der Waals surface area contributed by atoms with Gasteiger partial charge in [0.1, 0.15) is 0 Å². The fourth-order valence-corrected chi connectivity index (χ4v) is 2.14. The summed E-state index contributed by atoms with van der Waals surface area (Å²) in [6.07, 6.45) is 5.04. The highest BCUT2D eigenvalue weighted by Crippen LogP contribution is 2.25. The molecule has 0 fully saturated rings. The minimum absolute atomic E-state index is 0.0288. The van der Waals surface area contributed by atoms with Crippen LogP contribution in [-0.2, 0) is 6.42 Å². The van der Waals surface area contributed by atoms with Crippen LogP contribution in [0.2, 0.25) is 0 Å². The van der Waals surface area contributed by atoms with Crippen LogP contribution in [0.4, 0.5) is 11.5 Å². The van der Waals surface area contributed by atoms with Gasteiger partial charge >= 0.3 is 5.69 Å². The van der Waals surface area contributed by atoms with E-state index in [1.807, 2.05) is 6.92 Å². The summed E-state index contributed by atoms with van der Waals surface area (Å²) >= 11 is 3.18. The van der Waals surface area contributed by atoms with Crippen LogP contribution in [0.1, 0.15) is 17.7 Å². The summed E-state index contributed by atoms with van der Waals surface area (Å²) < 4.78 is 0.587. The Hall–Kier alpha value is -1.96. The molecule has 0 aliphatic heterocycles. The first-order valence-corrected chi connectivity index (χ1v) is 6.90. The number of hydrogen-bond donors (Lipinski definition) is 2. The zero-order valence-electron chi connectivity index (χ0n) is 10.9. The average Bonchev–Trinajstić information content (AvgIpc) is 2.81. The second kappa shape index (κ2) is 6.47. The molecule has 0 aliphatic carbocycles. The van der Waals surface area contributed by atoms with Crippen LogP contribution in [-0.4, -0.2) is 26.6 Å². The van der Waals surface area contributed by atoms with Crippen molar-refractivity contribution in [3.05, 3.63) is 44.3 Å². The number of hydrogen-bond acceptors (Lipinski definition) is 5. The summed E-state index contributed by atoms with van der Waals surface area (Å²) in [6, 6.07) is 1.44. The molecule has 7 nitrogen and oxygen atoms in total. The number of pyridine rings is 1. The fourth-order valence-electron chi connectivity index (χ4n) is 1.82. The number of aromatic nitrogens is 3. The van der Waals surface area contributed by atoms with Gasteiger partial charge in [0.2, 0.25) is 5.82 Å². The monoisotopic (exact) mass is 339 g/mol. The van der Waals surface area contributed by atoms with Crippen LogP contribution in [0.3, 0.4) is 0 Å². The van der Waals surface area contributed by atoms with Crippen molar-refractivity contribution in [1.82, 2.24) is 15.2 Å². The zero-order valence-corrected chi connectivity index (χ0v) is 12.5. The number of anilines is 1. The van der Waals surface area contributed by atoms with Gasteiger partial charge in [-0.3, -0.25) is 15.2 Å². The molecule has 2 heterocycles. The lowest BCUT2D eigenvalue weighted by Crippen LogP contribution is -2.07. The first kappa shape index (κ1) is 14.4. The molecule has 0 aromatic carbocycles. The van der Waals surface area contributed by atoms with Crippen molar-refractivity contribution < 1.29 is 4.92 Å². The Morgan fingerprint density at radius 2 is 2.30 bits per heavy atom. The predicted molar refractivity (Wildman–Crippen MR) is 78.7 cm³/mol. The zero-order chi connectivity index (χ0) is 14.5. The number of nitrogens with zero attached hydrogens (tertiary/aromatic N) is 3. The van der Waals surface area contributed by atoms with Gasteiger partial charge in [-0.2, -0.15) is 5.10 Å². The summed E-state index contributed by atoms with van der Waals surface area (Å²) in [7, 11) is 0. The molecule has 0 aliphatic rings. The second-order valence-corrected chi connectivity index (χ2v) is 5.24. The molecule has 0 unspecified atom stereocenters. The van der Waals surface area contributed by atoms with E-state index in [1.165, 1.54) is 12.3 Å². The highest BCUT2D eigenvalue weighted by atomic mass is 79.9. The topological polar surface area (TPSA) is 96.7 Å². The number of nitrogens with one attached hydrogen (secondary N) is 2. The second-order valence-electron chi connectivity index (χ2n) is 4.33. The van der Waals surface area contributed by atoms with Crippen molar-refractivity contribution >= 4 is 27.4 Å². The van der Waals surface area contributed by atoms with Crippen molar-refractivity contribution in [2.45, 2.75) is 19.8 Å². The maximum Gasteiger partial charge on any atom is 0.312 e. The van der Waals surface area contributed by atoms with E-state index in [0.29, 0.717) is 16.8 Å². The molecule has 0 atom stereocenters. The fraction of sp³-hybridized carbons (Fsp3) is 0.333. The van der Waals surface area contributed by atoms with Gasteiger partial charge in [0, 0.05) is 29.0 Å². The van der Waals surface area contributed by atoms with Crippen molar-refractivity contribution in [2.75, 3.05) is 11.9 Å². The number of nitro groups is 1. The Morgan fingerprint density at radius 1 is 1.50 bits per heavy atom. The molecular weight excluding hydrogens is 326 g/mol. The van der Waals surface area contributed by atoms with Crippen LogP contribution in [0, 0.1) is 17.0 Å². The van der Waals surface area contributed by atoms with Gasteiger partial charge in [-0.1, -0.05) is 0 Å². The largest absolute Gasteiger partial charge is 0.364 e. The van der Waals surface area contributed by atoms with Crippen LogP contribution in [0.15, 0.2) is 22.9 Å². The number of aryl methyl sites for hydroxylation is 2. The van der Waals surface area contributed by atoms with E-state index in [2.05, 4.69) is 36.4 Å². The van der Waals surface area contributed by atoms with Crippen LogP contribution >= 0.6 is 15.9 Å². The standard InChI is InChI=1S/C12H14BrN5O2/c1-8-9(6-16-17-8)3-2-4-14-12-11(18(19)20)5-10(13)7-15-12/h5-7H,2-4H2,1H3,(H,14,15)(H,16,17). The molecule has 2 aromatic heterocycles. The van der Waals surface area contributed by atoms with E-state index >= 15 is 0 Å². The Balaban J connectivity index is 1.91. The summed E-state index contributed by atoms with van der Waals surface area (Å²) in [6.45, 7) is 2.58. The first-order chi connectivity index (χ1) is 9.58. The summed E-state index contributed by atoms with van der Waals surface area (Å²) in [5, 5.41) is 20.8. The highest BCUT2D eigenvalue weighted by molar-refractivity contribution is 9.10. The van der Waals surface area contributed by atoms with Gasteiger partial charge < -0.3 is 5.32 Å². The molecule has 2 aromatic rings. The maximum atomic E-state index is 10.9. The first-order valence-electron chi connectivity index (χ1n) is 6.10. The van der Waals surface area contributed by atoms with E-state index in [9.17, 15) is 10.1 Å². The van der Waals surface area contributed by atoms with Crippen LogP contribution in [0.5, 0.6) is 0 Å². The van der Waals surface area contributed by atoms with Crippen LogP contribution < -0.4 is 5.32 Å². The molecule has 0 bridgehead atoms. The van der Waals surface area contributed by atoms with E-state index in [-0.39, 0.29) is 5.69 Å². The molecule has 2 N–H and O–H groups in total. The lowest BCUT2D eigenvalue weighted by molar-refractivity contribution is -0.384. The molecule has 0 saturated heterocycles. The van der Waals surface area contributed by atoms with Crippen molar-refractivity contribution in [1.29, 1.82) is 0 Å². The molecule has 20 heavy (non-hydrogen) atoms. The van der Waals surface area contributed by atoms with Gasteiger partial charge in [-0.25, -0.2) is 4.98 Å². The van der Waals surface area contributed by atoms with Gasteiger partial charge in [-0.15, -0.1) is 0 Å². The van der Waals surface area contributed by atoms with Gasteiger partial charge in [-0.05, 0) is 41.3 Å². The molecule has 0 spiro atoms. The number of rotatable bonds is 6. The van der Waals surface area contributed by atoms with E-state index < -0.39 is 4.92 Å². The van der Waals surface area contributed by atoms with Crippen molar-refractivity contribution in [3.8, 4) is 0 Å². The summed E-state index contributed by atoms with van der Waals surface area (Å²) in [4.78, 5) is 14.5. The Labute approximate surface area is 124 Å².